The highest BCUT2D eigenvalue weighted by atomic mass is 35.5. The zero-order valence-corrected chi connectivity index (χ0v) is 19.1. The Morgan fingerprint density at radius 1 is 0.697 bits per heavy atom. The van der Waals surface area contributed by atoms with Gasteiger partial charge in [-0.3, -0.25) is 4.99 Å². The number of aliphatic imine (C=N–C) groups is 1. The van der Waals surface area contributed by atoms with Crippen LogP contribution in [-0.2, 0) is 0 Å². The normalized spacial score (nSPS) is 11.2. The van der Waals surface area contributed by atoms with Gasteiger partial charge in [-0.05, 0) is 66.1 Å². The SMILES string of the molecule is Cc1cccc(N=Cc2cc(-c3ccccc3)n(-c3ccc(Cl)cc3)c2-c2ccccc2)c1. The van der Waals surface area contributed by atoms with Crippen molar-refractivity contribution in [3.63, 3.8) is 0 Å². The van der Waals surface area contributed by atoms with Crippen molar-refractivity contribution in [3.8, 4) is 28.2 Å². The third-order valence-electron chi connectivity index (χ3n) is 5.59. The summed E-state index contributed by atoms with van der Waals surface area (Å²) in [5.74, 6) is 0. The zero-order valence-electron chi connectivity index (χ0n) is 18.3. The number of halogens is 1. The van der Waals surface area contributed by atoms with Crippen LogP contribution in [0.4, 0.5) is 5.69 Å². The summed E-state index contributed by atoms with van der Waals surface area (Å²) in [5.41, 5.74) is 8.69. The van der Waals surface area contributed by atoms with Crippen LogP contribution in [0.2, 0.25) is 5.02 Å². The van der Waals surface area contributed by atoms with Crippen LogP contribution in [0, 0.1) is 6.92 Å². The minimum absolute atomic E-state index is 0.717. The second-order valence-corrected chi connectivity index (χ2v) is 8.41. The Kier molecular flexibility index (Phi) is 5.93. The summed E-state index contributed by atoms with van der Waals surface area (Å²) in [6.07, 6.45) is 1.97. The van der Waals surface area contributed by atoms with Gasteiger partial charge in [-0.1, -0.05) is 84.4 Å². The van der Waals surface area contributed by atoms with Crippen LogP contribution >= 0.6 is 11.6 Å². The summed E-state index contributed by atoms with van der Waals surface area (Å²) in [5, 5.41) is 0.717. The average molecular weight is 447 g/mol. The Balaban J connectivity index is 1.77. The summed E-state index contributed by atoms with van der Waals surface area (Å²) < 4.78 is 2.29. The molecule has 0 saturated carbocycles. The molecule has 5 aromatic rings. The van der Waals surface area contributed by atoms with Crippen LogP contribution in [0.25, 0.3) is 28.2 Å². The van der Waals surface area contributed by atoms with Crippen molar-refractivity contribution in [2.45, 2.75) is 6.92 Å². The number of benzene rings is 4. The molecular weight excluding hydrogens is 424 g/mol. The van der Waals surface area contributed by atoms with Crippen LogP contribution in [0.15, 0.2) is 120 Å². The number of aromatic nitrogens is 1. The predicted molar refractivity (Wildman–Crippen MR) is 140 cm³/mol. The molecule has 0 amide bonds. The molecule has 0 aliphatic carbocycles. The molecule has 0 atom stereocenters. The van der Waals surface area contributed by atoms with Gasteiger partial charge >= 0.3 is 0 Å². The Hall–Kier alpha value is -3.88. The molecule has 160 valence electrons. The maximum absolute atomic E-state index is 6.22. The van der Waals surface area contributed by atoms with Crippen molar-refractivity contribution in [1.29, 1.82) is 0 Å². The molecular formula is C30H23ClN2. The molecule has 0 radical (unpaired) electrons. The quantitative estimate of drug-likeness (QED) is 0.241. The average Bonchev–Trinajstić information content (AvgIpc) is 3.24. The van der Waals surface area contributed by atoms with E-state index in [-0.39, 0.29) is 0 Å². The van der Waals surface area contributed by atoms with Crippen molar-refractivity contribution in [1.82, 2.24) is 4.57 Å². The van der Waals surface area contributed by atoms with E-state index in [1.165, 1.54) is 5.56 Å². The highest BCUT2D eigenvalue weighted by Gasteiger charge is 2.18. The second-order valence-electron chi connectivity index (χ2n) is 7.97. The van der Waals surface area contributed by atoms with E-state index in [4.69, 9.17) is 16.6 Å². The van der Waals surface area contributed by atoms with Crippen LogP contribution in [0.5, 0.6) is 0 Å². The zero-order chi connectivity index (χ0) is 22.6. The molecule has 0 saturated heterocycles. The summed E-state index contributed by atoms with van der Waals surface area (Å²) in [6.45, 7) is 2.08. The largest absolute Gasteiger partial charge is 0.309 e. The number of nitrogens with zero attached hydrogens (tertiary/aromatic N) is 2. The minimum atomic E-state index is 0.717. The lowest BCUT2D eigenvalue weighted by atomic mass is 10.1. The highest BCUT2D eigenvalue weighted by molar-refractivity contribution is 6.30. The van der Waals surface area contributed by atoms with E-state index in [0.29, 0.717) is 0 Å². The van der Waals surface area contributed by atoms with Gasteiger partial charge in [0.1, 0.15) is 0 Å². The highest BCUT2D eigenvalue weighted by Crippen LogP contribution is 2.36. The predicted octanol–water partition coefficient (Wildman–Crippen LogP) is 8.52. The summed E-state index contributed by atoms with van der Waals surface area (Å²) in [7, 11) is 0. The summed E-state index contributed by atoms with van der Waals surface area (Å²) in [4.78, 5) is 4.82. The lowest BCUT2D eigenvalue weighted by Crippen LogP contribution is -2.00. The third-order valence-corrected chi connectivity index (χ3v) is 5.84. The molecule has 0 N–H and O–H groups in total. The molecule has 0 aliphatic rings. The molecule has 0 bridgehead atoms. The number of aryl methyl sites for hydroxylation is 1. The number of rotatable bonds is 5. The lowest BCUT2D eigenvalue weighted by Gasteiger charge is -2.15. The maximum Gasteiger partial charge on any atom is 0.0632 e. The Morgan fingerprint density at radius 3 is 2.03 bits per heavy atom. The van der Waals surface area contributed by atoms with Gasteiger partial charge in [-0.2, -0.15) is 0 Å². The lowest BCUT2D eigenvalue weighted by molar-refractivity contribution is 1.09. The van der Waals surface area contributed by atoms with Crippen LogP contribution in [0.3, 0.4) is 0 Å². The Bertz CT molecular complexity index is 1400. The molecule has 3 heteroatoms. The van der Waals surface area contributed by atoms with Gasteiger partial charge in [-0.25, -0.2) is 0 Å². The Morgan fingerprint density at radius 2 is 1.36 bits per heavy atom. The smallest absolute Gasteiger partial charge is 0.0632 e. The van der Waals surface area contributed by atoms with Crippen molar-refractivity contribution in [3.05, 3.63) is 131 Å². The fraction of sp³-hybridized carbons (Fsp3) is 0.0333. The topological polar surface area (TPSA) is 17.3 Å². The first-order valence-corrected chi connectivity index (χ1v) is 11.3. The molecule has 1 heterocycles. The van der Waals surface area contributed by atoms with Crippen LogP contribution < -0.4 is 0 Å². The van der Waals surface area contributed by atoms with E-state index >= 15 is 0 Å². The van der Waals surface area contributed by atoms with Crippen molar-refractivity contribution >= 4 is 23.5 Å². The van der Waals surface area contributed by atoms with E-state index in [9.17, 15) is 0 Å². The van der Waals surface area contributed by atoms with Gasteiger partial charge in [0.2, 0.25) is 0 Å². The van der Waals surface area contributed by atoms with Crippen molar-refractivity contribution < 1.29 is 0 Å². The first-order chi connectivity index (χ1) is 16.2. The van der Waals surface area contributed by atoms with Gasteiger partial charge in [0, 0.05) is 22.5 Å². The van der Waals surface area contributed by atoms with E-state index in [0.717, 1.165) is 44.5 Å². The molecule has 4 aromatic carbocycles. The summed E-state index contributed by atoms with van der Waals surface area (Å²) in [6, 6.07) is 39.3. The van der Waals surface area contributed by atoms with E-state index < -0.39 is 0 Å². The standard InChI is InChI=1S/C30H23ClN2/c1-22-9-8-14-27(19-22)32-21-25-20-29(23-10-4-2-5-11-23)33(28-17-15-26(31)16-18-28)30(25)24-12-6-3-7-13-24/h2-21H,1H3. The first kappa shape index (κ1) is 21.0. The minimum Gasteiger partial charge on any atom is -0.309 e. The van der Waals surface area contributed by atoms with Crippen molar-refractivity contribution in [2.75, 3.05) is 0 Å². The molecule has 5 rings (SSSR count). The first-order valence-electron chi connectivity index (χ1n) is 10.9. The third kappa shape index (κ3) is 4.52. The fourth-order valence-electron chi connectivity index (χ4n) is 4.05. The maximum atomic E-state index is 6.22. The van der Waals surface area contributed by atoms with Crippen molar-refractivity contribution in [2.24, 2.45) is 4.99 Å². The molecule has 2 nitrogen and oxygen atoms in total. The number of hydrogen-bond donors (Lipinski definition) is 0. The molecule has 0 fully saturated rings. The second kappa shape index (κ2) is 9.32. The molecule has 1 aromatic heterocycles. The van der Waals surface area contributed by atoms with E-state index in [2.05, 4.69) is 90.4 Å². The van der Waals surface area contributed by atoms with Crippen LogP contribution in [0.1, 0.15) is 11.1 Å². The van der Waals surface area contributed by atoms with Gasteiger partial charge < -0.3 is 4.57 Å². The Labute approximate surface area is 199 Å². The molecule has 0 unspecified atom stereocenters. The molecule has 33 heavy (non-hydrogen) atoms. The van der Waals surface area contributed by atoms with Gasteiger partial charge in [0.15, 0.2) is 0 Å². The van der Waals surface area contributed by atoms with Gasteiger partial charge in [0.05, 0.1) is 17.1 Å². The summed E-state index contributed by atoms with van der Waals surface area (Å²) >= 11 is 6.22. The van der Waals surface area contributed by atoms with Crippen LogP contribution in [-0.4, -0.2) is 10.8 Å². The fourth-order valence-corrected chi connectivity index (χ4v) is 4.18. The van der Waals surface area contributed by atoms with E-state index in [1.54, 1.807) is 0 Å². The number of hydrogen-bond acceptors (Lipinski definition) is 1. The van der Waals surface area contributed by atoms with Gasteiger partial charge in [-0.15, -0.1) is 0 Å². The van der Waals surface area contributed by atoms with Gasteiger partial charge in [0.25, 0.3) is 0 Å². The monoisotopic (exact) mass is 446 g/mol. The van der Waals surface area contributed by atoms with E-state index in [1.807, 2.05) is 42.6 Å². The molecule has 0 spiro atoms. The molecule has 0 aliphatic heterocycles.